The van der Waals surface area contributed by atoms with Crippen molar-refractivity contribution < 1.29 is 22.3 Å². The lowest BCUT2D eigenvalue weighted by Gasteiger charge is -2.09. The third-order valence-electron chi connectivity index (χ3n) is 2.49. The molecule has 20 heavy (non-hydrogen) atoms. The molecule has 0 amide bonds. The van der Waals surface area contributed by atoms with Crippen LogP contribution in [0.5, 0.6) is 5.75 Å². The molecule has 2 aromatic carbocycles. The van der Waals surface area contributed by atoms with Gasteiger partial charge in [-0.3, -0.25) is 0 Å². The molecule has 102 valence electrons. The molecule has 0 aliphatic heterocycles. The van der Waals surface area contributed by atoms with Gasteiger partial charge in [0.2, 0.25) is 0 Å². The molecular weight excluding hydrogens is 274 g/mol. The van der Waals surface area contributed by atoms with Crippen LogP contribution in [0.4, 0.5) is 17.6 Å². The Morgan fingerprint density at radius 3 is 2.20 bits per heavy atom. The van der Waals surface area contributed by atoms with Crippen LogP contribution in [0.25, 0.3) is 11.1 Å². The van der Waals surface area contributed by atoms with E-state index in [9.17, 15) is 17.6 Å². The van der Waals surface area contributed by atoms with E-state index in [0.717, 1.165) is 18.2 Å². The van der Waals surface area contributed by atoms with Gasteiger partial charge >= 0.3 is 6.36 Å². The zero-order valence-electron chi connectivity index (χ0n) is 9.91. The van der Waals surface area contributed by atoms with Crippen LogP contribution in [-0.4, -0.2) is 6.36 Å². The monoisotopic (exact) mass is 281 g/mol. The van der Waals surface area contributed by atoms with Crippen LogP contribution in [0.1, 0.15) is 5.56 Å². The summed E-state index contributed by atoms with van der Waals surface area (Å²) in [5.41, 5.74) is 0.758. The maximum atomic E-state index is 13.6. The van der Waals surface area contributed by atoms with Crippen molar-refractivity contribution in [2.45, 2.75) is 6.36 Å². The Kier molecular flexibility index (Phi) is 3.61. The van der Waals surface area contributed by atoms with E-state index >= 15 is 0 Å². The van der Waals surface area contributed by atoms with Crippen LogP contribution in [0.2, 0.25) is 0 Å². The van der Waals surface area contributed by atoms with Gasteiger partial charge in [0.1, 0.15) is 11.6 Å². The third-order valence-corrected chi connectivity index (χ3v) is 2.49. The van der Waals surface area contributed by atoms with Crippen molar-refractivity contribution in [3.8, 4) is 22.9 Å². The Balaban J connectivity index is 2.33. The van der Waals surface area contributed by atoms with Crippen molar-refractivity contribution in [3.05, 3.63) is 53.8 Å². The summed E-state index contributed by atoms with van der Waals surface area (Å²) >= 11 is 0. The minimum Gasteiger partial charge on any atom is -0.406 e. The number of hydrogen-bond acceptors (Lipinski definition) is 2. The van der Waals surface area contributed by atoms with Gasteiger partial charge in [-0.2, -0.15) is 5.26 Å². The standard InChI is InChI=1S/C14H7F4NO/c15-13-6-1-9(8-19)7-12(13)10-2-4-11(5-3-10)20-14(16,17)18/h1-7H. The lowest BCUT2D eigenvalue weighted by Crippen LogP contribution is -2.16. The van der Waals surface area contributed by atoms with Crippen LogP contribution >= 0.6 is 0 Å². The van der Waals surface area contributed by atoms with Crippen molar-refractivity contribution in [3.63, 3.8) is 0 Å². The molecule has 0 aliphatic rings. The number of nitrogens with zero attached hydrogens (tertiary/aromatic N) is 1. The van der Waals surface area contributed by atoms with Gasteiger partial charge in [-0.1, -0.05) is 12.1 Å². The Bertz CT molecular complexity index is 656. The zero-order valence-corrected chi connectivity index (χ0v) is 9.91. The van der Waals surface area contributed by atoms with E-state index < -0.39 is 17.9 Å². The first-order valence-corrected chi connectivity index (χ1v) is 5.45. The Labute approximate surface area is 111 Å². The highest BCUT2D eigenvalue weighted by atomic mass is 19.4. The van der Waals surface area contributed by atoms with Crippen molar-refractivity contribution in [2.24, 2.45) is 0 Å². The summed E-state index contributed by atoms with van der Waals surface area (Å²) in [5, 5.41) is 8.75. The molecule has 0 spiro atoms. The first-order chi connectivity index (χ1) is 9.39. The molecule has 0 atom stereocenters. The number of nitriles is 1. The Morgan fingerprint density at radius 1 is 1.00 bits per heavy atom. The number of ether oxygens (including phenoxy) is 1. The van der Waals surface area contributed by atoms with E-state index in [-0.39, 0.29) is 11.1 Å². The van der Waals surface area contributed by atoms with E-state index in [4.69, 9.17) is 5.26 Å². The van der Waals surface area contributed by atoms with Crippen LogP contribution in [0.15, 0.2) is 42.5 Å². The lowest BCUT2D eigenvalue weighted by molar-refractivity contribution is -0.274. The fourth-order valence-corrected chi connectivity index (χ4v) is 1.65. The molecule has 0 saturated heterocycles. The summed E-state index contributed by atoms with van der Waals surface area (Å²) in [5.74, 6) is -0.952. The third kappa shape index (κ3) is 3.26. The molecule has 0 aromatic heterocycles. The van der Waals surface area contributed by atoms with Crippen molar-refractivity contribution in [2.75, 3.05) is 0 Å². The van der Waals surface area contributed by atoms with Crippen molar-refractivity contribution in [1.29, 1.82) is 5.26 Å². The number of alkyl halides is 3. The molecule has 0 bridgehead atoms. The summed E-state index contributed by atoms with van der Waals surface area (Å²) in [6.45, 7) is 0. The van der Waals surface area contributed by atoms with Gasteiger partial charge in [0.25, 0.3) is 0 Å². The summed E-state index contributed by atoms with van der Waals surface area (Å²) in [4.78, 5) is 0. The van der Waals surface area contributed by atoms with Gasteiger partial charge in [0.05, 0.1) is 11.6 Å². The molecule has 6 heteroatoms. The van der Waals surface area contributed by atoms with E-state index in [0.29, 0.717) is 5.56 Å². The molecule has 2 aromatic rings. The molecule has 0 N–H and O–H groups in total. The summed E-state index contributed by atoms with van der Waals surface area (Å²) in [6, 6.07) is 10.4. The highest BCUT2D eigenvalue weighted by molar-refractivity contribution is 5.66. The van der Waals surface area contributed by atoms with Gasteiger partial charge in [-0.05, 0) is 35.9 Å². The van der Waals surface area contributed by atoms with E-state index in [1.54, 1.807) is 0 Å². The topological polar surface area (TPSA) is 33.0 Å². The fraction of sp³-hybridized carbons (Fsp3) is 0.0714. The molecule has 0 aliphatic carbocycles. The summed E-state index contributed by atoms with van der Waals surface area (Å²) in [7, 11) is 0. The molecular formula is C14H7F4NO. The fourth-order valence-electron chi connectivity index (χ4n) is 1.65. The second-order valence-corrected chi connectivity index (χ2v) is 3.88. The van der Waals surface area contributed by atoms with Gasteiger partial charge in [-0.15, -0.1) is 13.2 Å². The van der Waals surface area contributed by atoms with Crippen LogP contribution < -0.4 is 4.74 Å². The first kappa shape index (κ1) is 13.9. The zero-order chi connectivity index (χ0) is 14.8. The Morgan fingerprint density at radius 2 is 1.65 bits per heavy atom. The maximum Gasteiger partial charge on any atom is 0.573 e. The predicted octanol–water partition coefficient (Wildman–Crippen LogP) is 4.26. The number of hydrogen-bond donors (Lipinski definition) is 0. The molecule has 2 nitrogen and oxygen atoms in total. The van der Waals surface area contributed by atoms with Gasteiger partial charge in [0.15, 0.2) is 0 Å². The highest BCUT2D eigenvalue weighted by Crippen LogP contribution is 2.28. The smallest absolute Gasteiger partial charge is 0.406 e. The molecule has 0 unspecified atom stereocenters. The highest BCUT2D eigenvalue weighted by Gasteiger charge is 2.30. The molecule has 0 fully saturated rings. The van der Waals surface area contributed by atoms with Crippen molar-refractivity contribution in [1.82, 2.24) is 0 Å². The second-order valence-electron chi connectivity index (χ2n) is 3.88. The quantitative estimate of drug-likeness (QED) is 0.770. The van der Waals surface area contributed by atoms with Gasteiger partial charge < -0.3 is 4.74 Å². The van der Waals surface area contributed by atoms with E-state index in [1.165, 1.54) is 24.3 Å². The molecule has 0 radical (unpaired) electrons. The number of benzene rings is 2. The van der Waals surface area contributed by atoms with E-state index in [2.05, 4.69) is 4.74 Å². The molecule has 0 heterocycles. The lowest BCUT2D eigenvalue weighted by atomic mass is 10.0. The van der Waals surface area contributed by atoms with Gasteiger partial charge in [0, 0.05) is 5.56 Å². The average Bonchev–Trinajstić information content (AvgIpc) is 2.39. The van der Waals surface area contributed by atoms with E-state index in [1.807, 2.05) is 6.07 Å². The largest absolute Gasteiger partial charge is 0.573 e. The van der Waals surface area contributed by atoms with Crippen LogP contribution in [0, 0.1) is 17.1 Å². The van der Waals surface area contributed by atoms with Crippen molar-refractivity contribution >= 4 is 0 Å². The molecule has 2 rings (SSSR count). The summed E-state index contributed by atoms with van der Waals surface area (Å²) in [6.07, 6.45) is -4.77. The van der Waals surface area contributed by atoms with Crippen LogP contribution in [-0.2, 0) is 0 Å². The Hall–Kier alpha value is -2.55. The minimum atomic E-state index is -4.77. The normalized spacial score (nSPS) is 10.9. The first-order valence-electron chi connectivity index (χ1n) is 5.45. The molecule has 0 saturated carbocycles. The van der Waals surface area contributed by atoms with Crippen LogP contribution in [0.3, 0.4) is 0 Å². The minimum absolute atomic E-state index is 0.141. The summed E-state index contributed by atoms with van der Waals surface area (Å²) < 4.78 is 53.4. The second kappa shape index (κ2) is 5.21. The average molecular weight is 281 g/mol. The number of halogens is 4. The predicted molar refractivity (Wildman–Crippen MR) is 63.2 cm³/mol. The number of rotatable bonds is 2. The van der Waals surface area contributed by atoms with Gasteiger partial charge in [-0.25, -0.2) is 4.39 Å². The SMILES string of the molecule is N#Cc1ccc(F)c(-c2ccc(OC(F)(F)F)cc2)c1. The maximum absolute atomic E-state index is 13.6.